The molecular formula is C25H27N3O7. The summed E-state index contributed by atoms with van der Waals surface area (Å²) in [6.07, 6.45) is 2.03. The van der Waals surface area contributed by atoms with Gasteiger partial charge >= 0.3 is 0 Å². The van der Waals surface area contributed by atoms with Gasteiger partial charge < -0.3 is 24.1 Å². The monoisotopic (exact) mass is 481 g/mol. The van der Waals surface area contributed by atoms with Crippen molar-refractivity contribution in [3.8, 4) is 0 Å². The summed E-state index contributed by atoms with van der Waals surface area (Å²) in [6, 6.07) is 13.9. The lowest BCUT2D eigenvalue weighted by Gasteiger charge is -2.38. The van der Waals surface area contributed by atoms with Gasteiger partial charge in [-0.1, -0.05) is 36.4 Å². The highest BCUT2D eigenvalue weighted by Gasteiger charge is 2.41. The molecule has 4 rings (SSSR count). The number of nitro benzene ring substituents is 1. The van der Waals surface area contributed by atoms with Gasteiger partial charge in [-0.3, -0.25) is 19.7 Å². The third kappa shape index (κ3) is 5.72. The molecule has 0 atom stereocenters. The third-order valence-electron chi connectivity index (χ3n) is 6.34. The molecule has 2 saturated heterocycles. The molecule has 0 saturated carbocycles. The molecule has 10 nitrogen and oxygen atoms in total. The number of aldehydes is 1. The summed E-state index contributed by atoms with van der Waals surface area (Å²) in [5.41, 5.74) is 1.17. The summed E-state index contributed by atoms with van der Waals surface area (Å²) in [7, 11) is 0. The van der Waals surface area contributed by atoms with Gasteiger partial charge in [0.2, 0.25) is 5.91 Å². The Bertz CT molecular complexity index is 1090. The van der Waals surface area contributed by atoms with Crippen molar-refractivity contribution in [1.29, 1.82) is 0 Å². The van der Waals surface area contributed by atoms with E-state index in [-0.39, 0.29) is 30.2 Å². The number of likely N-dealkylation sites (tertiary alicyclic amines) is 1. The van der Waals surface area contributed by atoms with Crippen LogP contribution in [0.25, 0.3) is 0 Å². The predicted octanol–water partition coefficient (Wildman–Crippen LogP) is 2.19. The van der Waals surface area contributed by atoms with E-state index in [1.165, 1.54) is 12.1 Å². The smallest absolute Gasteiger partial charge is 0.282 e. The Labute approximate surface area is 202 Å². The summed E-state index contributed by atoms with van der Waals surface area (Å²) in [5, 5.41) is 11.6. The highest BCUT2D eigenvalue weighted by atomic mass is 16.7. The summed E-state index contributed by atoms with van der Waals surface area (Å²) in [4.78, 5) is 51.3. The summed E-state index contributed by atoms with van der Waals surface area (Å²) in [5.74, 6) is -1.71. The Morgan fingerprint density at radius 1 is 1.06 bits per heavy atom. The fraction of sp³-hybridized carbons (Fsp3) is 0.400. The highest BCUT2D eigenvalue weighted by molar-refractivity contribution is 6.00. The second kappa shape index (κ2) is 10.7. The number of hydrogen-bond donors (Lipinski definition) is 0. The number of hydrogen-bond acceptors (Lipinski definition) is 7. The van der Waals surface area contributed by atoms with Crippen LogP contribution in [-0.2, 0) is 25.5 Å². The van der Waals surface area contributed by atoms with E-state index in [0.29, 0.717) is 57.4 Å². The number of nitrogens with zero attached hydrogens (tertiary/aromatic N) is 3. The number of amides is 2. The molecule has 0 unspecified atom stereocenters. The quantitative estimate of drug-likeness (QED) is 0.322. The lowest BCUT2D eigenvalue weighted by atomic mass is 10.0. The van der Waals surface area contributed by atoms with E-state index in [2.05, 4.69) is 0 Å². The lowest BCUT2D eigenvalue weighted by molar-refractivity contribution is -0.385. The molecule has 2 aliphatic heterocycles. The van der Waals surface area contributed by atoms with E-state index < -0.39 is 16.6 Å². The van der Waals surface area contributed by atoms with Gasteiger partial charge in [0.1, 0.15) is 18.4 Å². The van der Waals surface area contributed by atoms with E-state index in [9.17, 15) is 24.5 Å². The SMILES string of the molecule is O=CCN(CC(=O)N1CCC2(CC1)OCCO2)C(=O)c1cc(Cc2ccccc2)ccc1[N+](=O)[O-]. The largest absolute Gasteiger partial charge is 0.347 e. The van der Waals surface area contributed by atoms with Crippen LogP contribution in [0.4, 0.5) is 5.69 Å². The minimum absolute atomic E-state index is 0.150. The minimum Gasteiger partial charge on any atom is -0.347 e. The number of benzene rings is 2. The van der Waals surface area contributed by atoms with Gasteiger partial charge in [-0.15, -0.1) is 0 Å². The number of ether oxygens (including phenoxy) is 2. The maximum atomic E-state index is 13.3. The molecule has 0 N–H and O–H groups in total. The van der Waals surface area contributed by atoms with Crippen molar-refractivity contribution in [2.75, 3.05) is 39.4 Å². The van der Waals surface area contributed by atoms with Gasteiger partial charge in [-0.2, -0.15) is 0 Å². The number of carbonyl (C=O) groups is 3. The number of carbonyl (C=O) groups excluding carboxylic acids is 3. The number of nitro groups is 1. The van der Waals surface area contributed by atoms with E-state index in [1.807, 2.05) is 30.3 Å². The van der Waals surface area contributed by atoms with Crippen molar-refractivity contribution in [1.82, 2.24) is 9.80 Å². The molecule has 184 valence electrons. The first-order chi connectivity index (χ1) is 16.9. The number of rotatable bonds is 8. The van der Waals surface area contributed by atoms with Crippen molar-refractivity contribution in [3.63, 3.8) is 0 Å². The van der Waals surface area contributed by atoms with Gasteiger partial charge in [-0.25, -0.2) is 0 Å². The zero-order valence-electron chi connectivity index (χ0n) is 19.3. The minimum atomic E-state index is -0.733. The first-order valence-electron chi connectivity index (χ1n) is 11.5. The van der Waals surface area contributed by atoms with Crippen LogP contribution < -0.4 is 0 Å². The van der Waals surface area contributed by atoms with Gasteiger partial charge in [0.15, 0.2) is 5.79 Å². The van der Waals surface area contributed by atoms with Crippen LogP contribution in [0.15, 0.2) is 48.5 Å². The molecular weight excluding hydrogens is 454 g/mol. The van der Waals surface area contributed by atoms with Crippen molar-refractivity contribution >= 4 is 23.8 Å². The Balaban J connectivity index is 1.50. The van der Waals surface area contributed by atoms with Crippen molar-refractivity contribution < 1.29 is 28.8 Å². The zero-order chi connectivity index (χ0) is 24.8. The first-order valence-corrected chi connectivity index (χ1v) is 11.5. The molecule has 2 aliphatic rings. The fourth-order valence-corrected chi connectivity index (χ4v) is 4.48. The normalized spacial score (nSPS) is 16.7. The Kier molecular flexibility index (Phi) is 7.52. The van der Waals surface area contributed by atoms with Crippen molar-refractivity contribution in [2.24, 2.45) is 0 Å². The third-order valence-corrected chi connectivity index (χ3v) is 6.34. The maximum Gasteiger partial charge on any atom is 0.282 e. The molecule has 1 spiro atoms. The Morgan fingerprint density at radius 3 is 2.37 bits per heavy atom. The van der Waals surface area contributed by atoms with E-state index in [4.69, 9.17) is 9.47 Å². The van der Waals surface area contributed by atoms with Crippen LogP contribution in [0, 0.1) is 10.1 Å². The van der Waals surface area contributed by atoms with Crippen LogP contribution in [0.2, 0.25) is 0 Å². The van der Waals surface area contributed by atoms with Crippen LogP contribution in [0.1, 0.15) is 34.3 Å². The van der Waals surface area contributed by atoms with Gasteiger partial charge in [0.25, 0.3) is 11.6 Å². The lowest BCUT2D eigenvalue weighted by Crippen LogP contribution is -2.50. The maximum absolute atomic E-state index is 13.3. The molecule has 2 amide bonds. The van der Waals surface area contributed by atoms with Gasteiger partial charge in [-0.05, 0) is 23.6 Å². The average molecular weight is 482 g/mol. The average Bonchev–Trinajstić information content (AvgIpc) is 3.32. The molecule has 0 aromatic heterocycles. The van der Waals surface area contributed by atoms with Crippen LogP contribution >= 0.6 is 0 Å². The molecule has 0 bridgehead atoms. The molecule has 0 radical (unpaired) electrons. The second-order valence-corrected chi connectivity index (χ2v) is 8.61. The molecule has 2 fully saturated rings. The molecule has 2 aromatic carbocycles. The van der Waals surface area contributed by atoms with E-state index in [1.54, 1.807) is 11.0 Å². The predicted molar refractivity (Wildman–Crippen MR) is 125 cm³/mol. The van der Waals surface area contributed by atoms with Crippen molar-refractivity contribution in [2.45, 2.75) is 25.0 Å². The summed E-state index contributed by atoms with van der Waals surface area (Å²) in [6.45, 7) is 1.14. The zero-order valence-corrected chi connectivity index (χ0v) is 19.3. The van der Waals surface area contributed by atoms with Gasteiger partial charge in [0.05, 0.1) is 24.7 Å². The summed E-state index contributed by atoms with van der Waals surface area (Å²) < 4.78 is 11.4. The highest BCUT2D eigenvalue weighted by Crippen LogP contribution is 2.31. The van der Waals surface area contributed by atoms with Gasteiger partial charge in [0, 0.05) is 32.0 Å². The molecule has 35 heavy (non-hydrogen) atoms. The van der Waals surface area contributed by atoms with E-state index >= 15 is 0 Å². The molecule has 0 aliphatic carbocycles. The van der Waals surface area contributed by atoms with Crippen LogP contribution in [0.3, 0.4) is 0 Å². The fourth-order valence-electron chi connectivity index (χ4n) is 4.48. The van der Waals surface area contributed by atoms with Crippen molar-refractivity contribution in [3.05, 3.63) is 75.3 Å². The van der Waals surface area contributed by atoms with Crippen LogP contribution in [-0.4, -0.2) is 78.0 Å². The molecule has 10 heteroatoms. The molecule has 2 heterocycles. The van der Waals surface area contributed by atoms with E-state index in [0.717, 1.165) is 10.5 Å². The Morgan fingerprint density at radius 2 is 1.74 bits per heavy atom. The topological polar surface area (TPSA) is 119 Å². The standard InChI is InChI=1S/C25H27N3O7/c29-13-12-27(18-23(30)26-10-8-25(9-11-26)34-14-15-35-25)24(31)21-17-20(6-7-22(21)28(32)33)16-19-4-2-1-3-5-19/h1-7,13,17H,8-12,14-16,18H2. The first kappa shape index (κ1) is 24.5. The summed E-state index contributed by atoms with van der Waals surface area (Å²) >= 11 is 0. The molecule has 2 aromatic rings. The second-order valence-electron chi connectivity index (χ2n) is 8.61. The number of piperidine rings is 1. The van der Waals surface area contributed by atoms with Crippen LogP contribution in [0.5, 0.6) is 0 Å². The Hall–Kier alpha value is -3.63.